The molecule has 0 aliphatic heterocycles. The van der Waals surface area contributed by atoms with Gasteiger partial charge in [0.05, 0.1) is 6.61 Å². The third-order valence-corrected chi connectivity index (χ3v) is 1.21. The molecule has 0 unspecified atom stereocenters. The largest absolute Gasteiger partial charge is 0.482 e. The van der Waals surface area contributed by atoms with Crippen LogP contribution in [-0.4, -0.2) is 25.4 Å². The van der Waals surface area contributed by atoms with E-state index in [9.17, 15) is 22.0 Å². The zero-order valence-corrected chi connectivity index (χ0v) is 6.70. The van der Waals surface area contributed by atoms with Crippen LogP contribution in [0.25, 0.3) is 0 Å². The fraction of sp³-hybridized carbons (Fsp3) is 1.00. The van der Waals surface area contributed by atoms with Gasteiger partial charge in [-0.05, 0) is 19.4 Å². The maximum atomic E-state index is 12.0. The van der Waals surface area contributed by atoms with Crippen molar-refractivity contribution in [1.29, 1.82) is 0 Å². The number of ether oxygens (including phenoxy) is 1. The summed E-state index contributed by atoms with van der Waals surface area (Å²) < 4.78 is 61.7. The second kappa shape index (κ2) is 4.71. The SMILES string of the molecule is NCCCCOC(F)(F)C(F)(F)F. The Morgan fingerprint density at radius 2 is 1.54 bits per heavy atom. The van der Waals surface area contributed by atoms with Gasteiger partial charge in [0, 0.05) is 0 Å². The molecule has 0 fully saturated rings. The molecule has 2 N–H and O–H groups in total. The number of hydrogen-bond donors (Lipinski definition) is 1. The molecule has 0 aliphatic carbocycles. The van der Waals surface area contributed by atoms with Gasteiger partial charge in [-0.1, -0.05) is 0 Å². The van der Waals surface area contributed by atoms with Crippen LogP contribution in [0.2, 0.25) is 0 Å². The van der Waals surface area contributed by atoms with Gasteiger partial charge in [-0.3, -0.25) is 0 Å². The number of hydrogen-bond acceptors (Lipinski definition) is 2. The van der Waals surface area contributed by atoms with Gasteiger partial charge in [0.1, 0.15) is 0 Å². The minimum atomic E-state index is -5.64. The smallest absolute Gasteiger partial charge is 0.330 e. The third-order valence-electron chi connectivity index (χ3n) is 1.21. The summed E-state index contributed by atoms with van der Waals surface area (Å²) in [5.74, 6) is 0. The number of nitrogens with two attached hydrogens (primary N) is 1. The average Bonchev–Trinajstić information content (AvgIpc) is 1.96. The van der Waals surface area contributed by atoms with Gasteiger partial charge in [-0.2, -0.15) is 22.0 Å². The van der Waals surface area contributed by atoms with Gasteiger partial charge in [0.15, 0.2) is 0 Å². The van der Waals surface area contributed by atoms with Crippen molar-refractivity contribution in [2.75, 3.05) is 13.2 Å². The second-order valence-electron chi connectivity index (χ2n) is 2.36. The molecular formula is C6H10F5NO. The minimum absolute atomic E-state index is 0.0855. The Kier molecular flexibility index (Phi) is 4.55. The molecule has 0 aromatic heterocycles. The van der Waals surface area contributed by atoms with Crippen LogP contribution in [0.3, 0.4) is 0 Å². The van der Waals surface area contributed by atoms with Crippen LogP contribution < -0.4 is 5.73 Å². The van der Waals surface area contributed by atoms with E-state index in [0.29, 0.717) is 6.42 Å². The Morgan fingerprint density at radius 3 is 1.92 bits per heavy atom. The second-order valence-corrected chi connectivity index (χ2v) is 2.36. The first-order valence-electron chi connectivity index (χ1n) is 3.60. The van der Waals surface area contributed by atoms with Crippen molar-refractivity contribution in [3.05, 3.63) is 0 Å². The van der Waals surface area contributed by atoms with Crippen LogP contribution in [0.4, 0.5) is 22.0 Å². The van der Waals surface area contributed by atoms with Crippen molar-refractivity contribution < 1.29 is 26.7 Å². The predicted molar refractivity (Wildman–Crippen MR) is 35.2 cm³/mol. The predicted octanol–water partition coefficient (Wildman–Crippen LogP) is 1.90. The van der Waals surface area contributed by atoms with Crippen LogP contribution >= 0.6 is 0 Å². The summed E-state index contributed by atoms with van der Waals surface area (Å²) in [5, 5.41) is 0. The van der Waals surface area contributed by atoms with Gasteiger partial charge in [-0.25, -0.2) is 0 Å². The van der Waals surface area contributed by atoms with Gasteiger partial charge in [0.2, 0.25) is 0 Å². The van der Waals surface area contributed by atoms with Crippen molar-refractivity contribution in [2.24, 2.45) is 5.73 Å². The van der Waals surface area contributed by atoms with Gasteiger partial charge < -0.3 is 10.5 Å². The van der Waals surface area contributed by atoms with Crippen molar-refractivity contribution in [1.82, 2.24) is 0 Å². The highest BCUT2D eigenvalue weighted by Gasteiger charge is 2.59. The lowest BCUT2D eigenvalue weighted by atomic mass is 10.3. The quantitative estimate of drug-likeness (QED) is 0.552. The lowest BCUT2D eigenvalue weighted by Crippen LogP contribution is -2.39. The summed E-state index contributed by atoms with van der Waals surface area (Å²) in [6.45, 7) is -0.412. The van der Waals surface area contributed by atoms with E-state index in [1.165, 1.54) is 0 Å². The lowest BCUT2D eigenvalue weighted by Gasteiger charge is -2.19. The van der Waals surface area contributed by atoms with E-state index in [1.807, 2.05) is 0 Å². The van der Waals surface area contributed by atoms with Crippen LogP contribution in [0.1, 0.15) is 12.8 Å². The van der Waals surface area contributed by atoms with Gasteiger partial charge in [-0.15, -0.1) is 0 Å². The zero-order chi connectivity index (χ0) is 10.5. The molecule has 7 heteroatoms. The van der Waals surface area contributed by atoms with E-state index in [4.69, 9.17) is 5.73 Å². The molecule has 0 heterocycles. The Labute approximate surface area is 71.8 Å². The number of rotatable bonds is 5. The Morgan fingerprint density at radius 1 is 1.00 bits per heavy atom. The zero-order valence-electron chi connectivity index (χ0n) is 6.70. The molecule has 0 aromatic rings. The highest BCUT2D eigenvalue weighted by molar-refractivity contribution is 4.63. The third kappa shape index (κ3) is 4.37. The summed E-state index contributed by atoms with van der Waals surface area (Å²) in [5.41, 5.74) is 5.00. The van der Waals surface area contributed by atoms with Gasteiger partial charge in [0.25, 0.3) is 0 Å². The first-order valence-corrected chi connectivity index (χ1v) is 3.60. The molecule has 0 bridgehead atoms. The molecule has 13 heavy (non-hydrogen) atoms. The summed E-state index contributed by atoms with van der Waals surface area (Å²) in [7, 11) is 0. The molecule has 0 saturated heterocycles. The summed E-state index contributed by atoms with van der Waals surface area (Å²) in [6, 6.07) is 0. The monoisotopic (exact) mass is 207 g/mol. The molecule has 0 aromatic carbocycles. The maximum absolute atomic E-state index is 12.0. The molecule has 0 saturated carbocycles. The summed E-state index contributed by atoms with van der Waals surface area (Å²) in [4.78, 5) is 0. The Hall–Kier alpha value is -0.430. The standard InChI is InChI=1S/C6H10F5NO/c7-5(8,9)6(10,11)13-4-2-1-3-12/h1-4,12H2. The molecule has 2 nitrogen and oxygen atoms in total. The van der Waals surface area contributed by atoms with Crippen LogP contribution in [-0.2, 0) is 4.74 Å². The van der Waals surface area contributed by atoms with Gasteiger partial charge >= 0.3 is 12.3 Å². The number of unbranched alkanes of at least 4 members (excludes halogenated alkanes) is 1. The van der Waals surface area contributed by atoms with Crippen molar-refractivity contribution in [3.63, 3.8) is 0 Å². The maximum Gasteiger partial charge on any atom is 0.482 e. The molecule has 80 valence electrons. The van der Waals surface area contributed by atoms with Crippen molar-refractivity contribution >= 4 is 0 Å². The molecule has 0 aliphatic rings. The van der Waals surface area contributed by atoms with E-state index < -0.39 is 18.9 Å². The average molecular weight is 207 g/mol. The fourth-order valence-electron chi connectivity index (χ4n) is 0.529. The molecule has 0 amide bonds. The van der Waals surface area contributed by atoms with Crippen molar-refractivity contribution in [2.45, 2.75) is 25.1 Å². The fourth-order valence-corrected chi connectivity index (χ4v) is 0.529. The Bertz CT molecular complexity index is 146. The first-order chi connectivity index (χ1) is 5.81. The van der Waals surface area contributed by atoms with Crippen LogP contribution in [0, 0.1) is 0 Å². The summed E-state index contributed by atoms with van der Waals surface area (Å²) >= 11 is 0. The van der Waals surface area contributed by atoms with E-state index in [1.54, 1.807) is 0 Å². The lowest BCUT2D eigenvalue weighted by molar-refractivity contribution is -0.391. The van der Waals surface area contributed by atoms with Crippen LogP contribution in [0.15, 0.2) is 0 Å². The molecular weight excluding hydrogens is 197 g/mol. The highest BCUT2D eigenvalue weighted by Crippen LogP contribution is 2.36. The van der Waals surface area contributed by atoms with E-state index in [0.717, 1.165) is 0 Å². The number of halogens is 5. The normalized spacial score (nSPS) is 13.4. The molecule has 0 rings (SSSR count). The topological polar surface area (TPSA) is 35.2 Å². The van der Waals surface area contributed by atoms with Crippen molar-refractivity contribution in [3.8, 4) is 0 Å². The molecule has 0 atom stereocenters. The van der Waals surface area contributed by atoms with E-state index in [-0.39, 0.29) is 13.0 Å². The molecule has 0 radical (unpaired) electrons. The number of alkyl halides is 5. The minimum Gasteiger partial charge on any atom is -0.330 e. The Balaban J connectivity index is 3.77. The molecule has 0 spiro atoms. The van der Waals surface area contributed by atoms with E-state index in [2.05, 4.69) is 4.74 Å². The summed E-state index contributed by atoms with van der Waals surface area (Å²) in [6.07, 6.45) is -10.3. The highest BCUT2D eigenvalue weighted by atomic mass is 19.4. The van der Waals surface area contributed by atoms with Crippen LogP contribution in [0.5, 0.6) is 0 Å². The first kappa shape index (κ1) is 12.6. The van der Waals surface area contributed by atoms with E-state index >= 15 is 0 Å².